The molecule has 2 aromatic rings. The van der Waals surface area contributed by atoms with Crippen LogP contribution in [0.3, 0.4) is 0 Å². The van der Waals surface area contributed by atoms with Crippen LogP contribution in [0.2, 0.25) is 0 Å². The Hall–Kier alpha value is -2.56. The lowest BCUT2D eigenvalue weighted by Crippen LogP contribution is -2.36. The van der Waals surface area contributed by atoms with Crippen LogP contribution >= 0.6 is 0 Å². The molecular weight excluding hydrogens is 266 g/mol. The van der Waals surface area contributed by atoms with Gasteiger partial charge in [0.1, 0.15) is 5.75 Å². The molecule has 5 heteroatoms. The van der Waals surface area contributed by atoms with Gasteiger partial charge in [-0.3, -0.25) is 4.98 Å². The second-order valence-corrected chi connectivity index (χ2v) is 5.12. The number of aromatic hydroxyl groups is 1. The van der Waals surface area contributed by atoms with Crippen molar-refractivity contribution in [2.45, 2.75) is 25.4 Å². The van der Waals surface area contributed by atoms with Crippen molar-refractivity contribution in [3.05, 3.63) is 59.4 Å². The van der Waals surface area contributed by atoms with Gasteiger partial charge in [0.05, 0.1) is 6.04 Å². The quantitative estimate of drug-likeness (QED) is 0.809. The van der Waals surface area contributed by atoms with Crippen LogP contribution in [0.15, 0.2) is 42.7 Å². The predicted octanol–water partition coefficient (Wildman–Crippen LogP) is 2.27. The first kappa shape index (κ1) is 13.4. The lowest BCUT2D eigenvalue weighted by Gasteiger charge is -2.15. The molecule has 1 aromatic heterocycles. The van der Waals surface area contributed by atoms with Crippen molar-refractivity contribution in [2.24, 2.45) is 0 Å². The number of pyridine rings is 1. The topological polar surface area (TPSA) is 74.2 Å². The standard InChI is InChI=1S/C16H17N3O2/c20-15-5-1-4-12-13(15)6-7-14(12)19-16(21)18-10-11-3-2-8-17-9-11/h1-5,8-9,14,20H,6-7,10H2,(H2,18,19,21)/t14-/m0/s1. The van der Waals surface area contributed by atoms with E-state index in [0.717, 1.165) is 29.5 Å². The van der Waals surface area contributed by atoms with Gasteiger partial charge in [0, 0.05) is 18.9 Å². The molecule has 1 aromatic carbocycles. The first-order valence-corrected chi connectivity index (χ1v) is 6.98. The number of nitrogens with zero attached hydrogens (tertiary/aromatic N) is 1. The molecule has 0 radical (unpaired) electrons. The van der Waals surface area contributed by atoms with Gasteiger partial charge in [-0.15, -0.1) is 0 Å². The number of phenols is 1. The van der Waals surface area contributed by atoms with Gasteiger partial charge in [0.15, 0.2) is 0 Å². The number of nitrogens with one attached hydrogen (secondary N) is 2. The lowest BCUT2D eigenvalue weighted by molar-refractivity contribution is 0.236. The molecule has 0 spiro atoms. The van der Waals surface area contributed by atoms with Crippen molar-refractivity contribution in [1.82, 2.24) is 15.6 Å². The van der Waals surface area contributed by atoms with E-state index in [4.69, 9.17) is 0 Å². The fraction of sp³-hybridized carbons (Fsp3) is 0.250. The van der Waals surface area contributed by atoms with Gasteiger partial charge in [0.25, 0.3) is 0 Å². The smallest absolute Gasteiger partial charge is 0.315 e. The molecule has 2 amide bonds. The Balaban J connectivity index is 1.59. The number of carbonyl (C=O) groups excluding carboxylic acids is 1. The second kappa shape index (κ2) is 5.83. The highest BCUT2D eigenvalue weighted by atomic mass is 16.3. The van der Waals surface area contributed by atoms with Gasteiger partial charge < -0.3 is 15.7 Å². The van der Waals surface area contributed by atoms with E-state index in [1.54, 1.807) is 18.5 Å². The maximum Gasteiger partial charge on any atom is 0.315 e. The molecule has 0 aliphatic heterocycles. The van der Waals surface area contributed by atoms with Crippen molar-refractivity contribution in [3.8, 4) is 5.75 Å². The number of fused-ring (bicyclic) bond motifs is 1. The first-order chi connectivity index (χ1) is 10.2. The maximum atomic E-state index is 12.0. The summed E-state index contributed by atoms with van der Waals surface area (Å²) in [6, 6.07) is 8.95. The van der Waals surface area contributed by atoms with E-state index in [9.17, 15) is 9.90 Å². The molecule has 0 bridgehead atoms. The zero-order valence-corrected chi connectivity index (χ0v) is 11.5. The molecule has 3 rings (SSSR count). The Morgan fingerprint density at radius 1 is 1.33 bits per heavy atom. The summed E-state index contributed by atoms with van der Waals surface area (Å²) in [5.74, 6) is 0.313. The maximum absolute atomic E-state index is 12.0. The minimum absolute atomic E-state index is 0.0407. The summed E-state index contributed by atoms with van der Waals surface area (Å²) in [6.45, 7) is 0.444. The Morgan fingerprint density at radius 2 is 2.24 bits per heavy atom. The minimum Gasteiger partial charge on any atom is -0.508 e. The number of phenolic OH excluding ortho intramolecular Hbond substituents is 1. The molecule has 0 saturated carbocycles. The molecule has 0 saturated heterocycles. The molecule has 108 valence electrons. The van der Waals surface area contributed by atoms with Crippen molar-refractivity contribution in [3.63, 3.8) is 0 Å². The number of rotatable bonds is 3. The molecule has 1 aliphatic carbocycles. The van der Waals surface area contributed by atoms with Crippen LogP contribution in [-0.4, -0.2) is 16.1 Å². The highest BCUT2D eigenvalue weighted by Gasteiger charge is 2.25. The van der Waals surface area contributed by atoms with E-state index < -0.39 is 0 Å². The number of benzene rings is 1. The van der Waals surface area contributed by atoms with Gasteiger partial charge >= 0.3 is 6.03 Å². The van der Waals surface area contributed by atoms with Crippen LogP contribution in [0.5, 0.6) is 5.75 Å². The van der Waals surface area contributed by atoms with E-state index in [1.807, 2.05) is 24.3 Å². The second-order valence-electron chi connectivity index (χ2n) is 5.12. The molecule has 5 nitrogen and oxygen atoms in total. The number of hydrogen-bond donors (Lipinski definition) is 3. The summed E-state index contributed by atoms with van der Waals surface area (Å²) in [5.41, 5.74) is 2.90. The summed E-state index contributed by atoms with van der Waals surface area (Å²) in [6.07, 6.45) is 5.03. The summed E-state index contributed by atoms with van der Waals surface area (Å²) >= 11 is 0. The summed E-state index contributed by atoms with van der Waals surface area (Å²) < 4.78 is 0. The largest absolute Gasteiger partial charge is 0.508 e. The average molecular weight is 283 g/mol. The zero-order valence-electron chi connectivity index (χ0n) is 11.5. The van der Waals surface area contributed by atoms with Crippen LogP contribution in [0.25, 0.3) is 0 Å². The van der Waals surface area contributed by atoms with Crippen molar-refractivity contribution in [2.75, 3.05) is 0 Å². The number of hydrogen-bond acceptors (Lipinski definition) is 3. The minimum atomic E-state index is -0.208. The molecule has 21 heavy (non-hydrogen) atoms. The third kappa shape index (κ3) is 2.97. The molecule has 0 unspecified atom stereocenters. The summed E-state index contributed by atoms with van der Waals surface area (Å²) in [5, 5.41) is 15.6. The van der Waals surface area contributed by atoms with Crippen LogP contribution in [-0.2, 0) is 13.0 Å². The molecular formula is C16H17N3O2. The van der Waals surface area contributed by atoms with Crippen LogP contribution in [0.4, 0.5) is 4.79 Å². The predicted molar refractivity (Wildman–Crippen MR) is 78.8 cm³/mol. The van der Waals surface area contributed by atoms with E-state index in [-0.39, 0.29) is 12.1 Å². The third-order valence-electron chi connectivity index (χ3n) is 3.73. The first-order valence-electron chi connectivity index (χ1n) is 6.98. The highest BCUT2D eigenvalue weighted by molar-refractivity contribution is 5.74. The normalized spacial score (nSPS) is 16.3. The Labute approximate surface area is 123 Å². The van der Waals surface area contributed by atoms with Crippen molar-refractivity contribution in [1.29, 1.82) is 0 Å². The fourth-order valence-corrected chi connectivity index (χ4v) is 2.68. The number of amides is 2. The highest BCUT2D eigenvalue weighted by Crippen LogP contribution is 2.36. The molecule has 0 fully saturated rings. The lowest BCUT2D eigenvalue weighted by atomic mass is 10.1. The van der Waals surface area contributed by atoms with Crippen LogP contribution < -0.4 is 10.6 Å². The summed E-state index contributed by atoms with van der Waals surface area (Å²) in [4.78, 5) is 16.0. The fourth-order valence-electron chi connectivity index (χ4n) is 2.68. The van der Waals surface area contributed by atoms with E-state index in [2.05, 4.69) is 15.6 Å². The molecule has 1 aliphatic rings. The van der Waals surface area contributed by atoms with Crippen molar-refractivity contribution >= 4 is 6.03 Å². The van der Waals surface area contributed by atoms with E-state index in [1.165, 1.54) is 0 Å². The van der Waals surface area contributed by atoms with Gasteiger partial charge in [-0.05, 0) is 41.7 Å². The third-order valence-corrected chi connectivity index (χ3v) is 3.73. The van der Waals surface area contributed by atoms with Gasteiger partial charge in [-0.2, -0.15) is 0 Å². The average Bonchev–Trinajstić information content (AvgIpc) is 2.91. The zero-order chi connectivity index (χ0) is 14.7. The molecule has 1 heterocycles. The number of urea groups is 1. The van der Waals surface area contributed by atoms with Crippen molar-refractivity contribution < 1.29 is 9.90 Å². The Morgan fingerprint density at radius 3 is 3.05 bits per heavy atom. The summed E-state index contributed by atoms with van der Waals surface area (Å²) in [7, 11) is 0. The molecule has 1 atom stereocenters. The number of carbonyl (C=O) groups is 1. The van der Waals surface area contributed by atoms with Gasteiger partial charge in [-0.25, -0.2) is 4.79 Å². The van der Waals surface area contributed by atoms with Crippen LogP contribution in [0, 0.1) is 0 Å². The van der Waals surface area contributed by atoms with E-state index >= 15 is 0 Å². The molecule has 3 N–H and O–H groups in total. The number of aromatic nitrogens is 1. The SMILES string of the molecule is O=C(NCc1cccnc1)N[C@H]1CCc2c(O)cccc21. The van der Waals surface area contributed by atoms with Gasteiger partial charge in [-0.1, -0.05) is 18.2 Å². The Kier molecular flexibility index (Phi) is 3.73. The Bertz CT molecular complexity index is 643. The monoisotopic (exact) mass is 283 g/mol. The van der Waals surface area contributed by atoms with E-state index in [0.29, 0.717) is 12.3 Å². The van der Waals surface area contributed by atoms with Gasteiger partial charge in [0.2, 0.25) is 0 Å². The van der Waals surface area contributed by atoms with Crippen LogP contribution in [0.1, 0.15) is 29.2 Å².